The number of anilines is 1. The van der Waals surface area contributed by atoms with E-state index in [0.717, 1.165) is 17.7 Å². The molecule has 6 heteroatoms. The van der Waals surface area contributed by atoms with Crippen LogP contribution in [0.1, 0.15) is 22.8 Å². The highest BCUT2D eigenvalue weighted by Crippen LogP contribution is 2.30. The third kappa shape index (κ3) is 3.65. The van der Waals surface area contributed by atoms with E-state index in [2.05, 4.69) is 17.6 Å². The van der Waals surface area contributed by atoms with Crippen molar-refractivity contribution in [2.45, 2.75) is 13.3 Å². The first-order chi connectivity index (χ1) is 11.7. The molecular weight excluding hydrogens is 324 g/mol. The van der Waals surface area contributed by atoms with E-state index < -0.39 is 0 Å². The Morgan fingerprint density at radius 3 is 2.67 bits per heavy atom. The fraction of sp³-hybridized carbons (Fsp3) is 0.222. The molecule has 0 aliphatic carbocycles. The van der Waals surface area contributed by atoms with Crippen LogP contribution < -0.4 is 20.1 Å². The molecule has 1 heterocycles. The van der Waals surface area contributed by atoms with Crippen molar-refractivity contribution in [2.24, 2.45) is 0 Å². The van der Waals surface area contributed by atoms with Crippen molar-refractivity contribution >= 4 is 28.9 Å². The molecule has 124 valence electrons. The first-order valence-electron chi connectivity index (χ1n) is 7.77. The van der Waals surface area contributed by atoms with Gasteiger partial charge in [-0.2, -0.15) is 0 Å². The van der Waals surface area contributed by atoms with E-state index in [1.807, 2.05) is 24.3 Å². The number of nitrogens with one attached hydrogen (secondary N) is 2. The number of carbonyl (C=O) groups excluding carboxylic acids is 1. The molecule has 5 nitrogen and oxygen atoms in total. The molecule has 0 radical (unpaired) electrons. The summed E-state index contributed by atoms with van der Waals surface area (Å²) in [7, 11) is 0. The van der Waals surface area contributed by atoms with Crippen molar-refractivity contribution < 1.29 is 14.3 Å². The molecule has 2 N–H and O–H groups in total. The Morgan fingerprint density at radius 1 is 1.12 bits per heavy atom. The van der Waals surface area contributed by atoms with Crippen LogP contribution in [0.4, 0.5) is 5.69 Å². The van der Waals surface area contributed by atoms with Gasteiger partial charge in [0.25, 0.3) is 5.91 Å². The van der Waals surface area contributed by atoms with Crippen molar-refractivity contribution in [3.63, 3.8) is 0 Å². The summed E-state index contributed by atoms with van der Waals surface area (Å²) in [4.78, 5) is 12.4. The lowest BCUT2D eigenvalue weighted by Crippen LogP contribution is -2.34. The van der Waals surface area contributed by atoms with E-state index in [1.165, 1.54) is 0 Å². The number of hydrogen-bond acceptors (Lipinski definition) is 4. The van der Waals surface area contributed by atoms with Gasteiger partial charge < -0.3 is 14.8 Å². The van der Waals surface area contributed by atoms with Crippen molar-refractivity contribution in [1.29, 1.82) is 0 Å². The standard InChI is InChI=1S/C18H18N2O3S/c1-2-12-5-3-4-6-14(12)19-18(24)20-17(21)13-7-8-15-16(11-13)23-10-9-22-15/h3-8,11H,2,9-10H2,1H3,(H2,19,20,21,24). The summed E-state index contributed by atoms with van der Waals surface area (Å²) in [5.74, 6) is 0.929. The molecule has 24 heavy (non-hydrogen) atoms. The van der Waals surface area contributed by atoms with Gasteiger partial charge in [0.15, 0.2) is 16.6 Å². The van der Waals surface area contributed by atoms with Crippen molar-refractivity contribution in [2.75, 3.05) is 18.5 Å². The molecule has 0 spiro atoms. The predicted molar refractivity (Wildman–Crippen MR) is 96.9 cm³/mol. The maximum Gasteiger partial charge on any atom is 0.257 e. The number of rotatable bonds is 3. The lowest BCUT2D eigenvalue weighted by Gasteiger charge is -2.19. The van der Waals surface area contributed by atoms with Crippen LogP contribution in [-0.4, -0.2) is 24.2 Å². The second-order valence-corrected chi connectivity index (χ2v) is 5.69. The summed E-state index contributed by atoms with van der Waals surface area (Å²) in [6.07, 6.45) is 0.877. The Balaban J connectivity index is 1.67. The summed E-state index contributed by atoms with van der Waals surface area (Å²) in [5.41, 5.74) is 2.49. The molecule has 0 atom stereocenters. The fourth-order valence-corrected chi connectivity index (χ4v) is 2.67. The molecule has 1 aliphatic heterocycles. The molecule has 0 saturated carbocycles. The van der Waals surface area contributed by atoms with E-state index in [9.17, 15) is 4.79 Å². The van der Waals surface area contributed by atoms with Crippen LogP contribution in [0.5, 0.6) is 11.5 Å². The van der Waals surface area contributed by atoms with Gasteiger partial charge >= 0.3 is 0 Å². The summed E-state index contributed by atoms with van der Waals surface area (Å²) in [6, 6.07) is 12.9. The number of thiocarbonyl (C=S) groups is 1. The first kappa shape index (κ1) is 16.3. The fourth-order valence-electron chi connectivity index (χ4n) is 2.46. The monoisotopic (exact) mass is 342 g/mol. The molecule has 2 aromatic rings. The number of ether oxygens (including phenoxy) is 2. The Bertz CT molecular complexity index is 777. The quantitative estimate of drug-likeness (QED) is 0.839. The first-order valence-corrected chi connectivity index (χ1v) is 8.18. The van der Waals surface area contributed by atoms with Crippen LogP contribution in [0.25, 0.3) is 0 Å². The second-order valence-electron chi connectivity index (χ2n) is 5.28. The van der Waals surface area contributed by atoms with Gasteiger partial charge in [-0.1, -0.05) is 25.1 Å². The minimum absolute atomic E-state index is 0.260. The van der Waals surface area contributed by atoms with Crippen LogP contribution in [0.15, 0.2) is 42.5 Å². The highest BCUT2D eigenvalue weighted by atomic mass is 32.1. The molecule has 1 aliphatic rings. The van der Waals surface area contributed by atoms with Crippen LogP contribution in [-0.2, 0) is 6.42 Å². The summed E-state index contributed by atoms with van der Waals surface area (Å²) >= 11 is 5.24. The number of para-hydroxylation sites is 1. The lowest BCUT2D eigenvalue weighted by atomic mass is 10.1. The van der Waals surface area contributed by atoms with Crippen LogP contribution in [0.3, 0.4) is 0 Å². The molecule has 0 bridgehead atoms. The van der Waals surface area contributed by atoms with E-state index in [1.54, 1.807) is 18.2 Å². The summed E-state index contributed by atoms with van der Waals surface area (Å²) < 4.78 is 10.9. The zero-order valence-electron chi connectivity index (χ0n) is 13.3. The minimum Gasteiger partial charge on any atom is -0.486 e. The molecular formula is C18H18N2O3S. The molecule has 0 aromatic heterocycles. The van der Waals surface area contributed by atoms with Gasteiger partial charge in [0.2, 0.25) is 0 Å². The number of benzene rings is 2. The normalized spacial score (nSPS) is 12.4. The molecule has 0 fully saturated rings. The van der Waals surface area contributed by atoms with Gasteiger partial charge in [-0.3, -0.25) is 10.1 Å². The predicted octanol–water partition coefficient (Wildman–Crippen LogP) is 3.15. The molecule has 0 unspecified atom stereocenters. The van der Waals surface area contributed by atoms with Crippen LogP contribution in [0, 0.1) is 0 Å². The van der Waals surface area contributed by atoms with Gasteiger partial charge in [-0.15, -0.1) is 0 Å². The molecule has 1 amide bonds. The minimum atomic E-state index is -0.293. The SMILES string of the molecule is CCc1ccccc1NC(=S)NC(=O)c1ccc2c(c1)OCCO2. The third-order valence-corrected chi connectivity index (χ3v) is 3.88. The Morgan fingerprint density at radius 2 is 1.88 bits per heavy atom. The van der Waals surface area contributed by atoms with Crippen molar-refractivity contribution in [3.05, 3.63) is 53.6 Å². The lowest BCUT2D eigenvalue weighted by molar-refractivity contribution is 0.0976. The molecule has 2 aromatic carbocycles. The maximum absolute atomic E-state index is 12.4. The van der Waals surface area contributed by atoms with Gasteiger partial charge in [0.1, 0.15) is 13.2 Å². The van der Waals surface area contributed by atoms with E-state index >= 15 is 0 Å². The zero-order chi connectivity index (χ0) is 16.9. The highest BCUT2D eigenvalue weighted by Gasteiger charge is 2.15. The van der Waals surface area contributed by atoms with Crippen molar-refractivity contribution in [1.82, 2.24) is 5.32 Å². The second kappa shape index (κ2) is 7.31. The Hall–Kier alpha value is -2.60. The van der Waals surface area contributed by atoms with Crippen molar-refractivity contribution in [3.8, 4) is 11.5 Å². The van der Waals surface area contributed by atoms with Gasteiger partial charge in [-0.05, 0) is 48.5 Å². The average molecular weight is 342 g/mol. The van der Waals surface area contributed by atoms with E-state index in [-0.39, 0.29) is 11.0 Å². The maximum atomic E-state index is 12.4. The van der Waals surface area contributed by atoms with Gasteiger partial charge in [0, 0.05) is 11.3 Å². The zero-order valence-corrected chi connectivity index (χ0v) is 14.1. The van der Waals surface area contributed by atoms with Gasteiger partial charge in [-0.25, -0.2) is 0 Å². The number of amides is 1. The van der Waals surface area contributed by atoms with Crippen LogP contribution in [0.2, 0.25) is 0 Å². The van der Waals surface area contributed by atoms with E-state index in [0.29, 0.717) is 30.3 Å². The molecule has 3 rings (SSSR count). The third-order valence-electron chi connectivity index (χ3n) is 3.68. The summed E-state index contributed by atoms with van der Waals surface area (Å²) in [6.45, 7) is 3.06. The smallest absolute Gasteiger partial charge is 0.257 e. The largest absolute Gasteiger partial charge is 0.486 e. The topological polar surface area (TPSA) is 59.6 Å². The molecule has 0 saturated heterocycles. The number of fused-ring (bicyclic) bond motifs is 1. The number of aryl methyl sites for hydroxylation is 1. The number of carbonyl (C=O) groups is 1. The van der Waals surface area contributed by atoms with Crippen LogP contribution >= 0.6 is 12.2 Å². The number of hydrogen-bond donors (Lipinski definition) is 2. The summed E-state index contributed by atoms with van der Waals surface area (Å²) in [5, 5.41) is 6.02. The Kier molecular flexibility index (Phi) is 4.96. The van der Waals surface area contributed by atoms with Gasteiger partial charge in [0.05, 0.1) is 0 Å². The Labute approximate surface area is 146 Å². The van der Waals surface area contributed by atoms with E-state index in [4.69, 9.17) is 21.7 Å². The average Bonchev–Trinajstić information content (AvgIpc) is 2.61. The highest BCUT2D eigenvalue weighted by molar-refractivity contribution is 7.80.